The highest BCUT2D eigenvalue weighted by Crippen LogP contribution is 2.42. The monoisotopic (exact) mass is 922 g/mol. The number of ether oxygens (including phenoxy) is 4. The van der Waals surface area contributed by atoms with E-state index in [9.17, 15) is 19.2 Å². The van der Waals surface area contributed by atoms with Crippen molar-refractivity contribution in [3.63, 3.8) is 0 Å². The van der Waals surface area contributed by atoms with E-state index in [-0.39, 0.29) is 35.7 Å². The molecule has 2 fully saturated rings. The van der Waals surface area contributed by atoms with Gasteiger partial charge in [0, 0.05) is 63.4 Å². The molecule has 8 rings (SSSR count). The molecule has 2 saturated heterocycles. The Morgan fingerprint density at radius 1 is 0.603 bits per heavy atom. The highest BCUT2D eigenvalue weighted by atomic mass is 16.5. The molecule has 2 aliphatic rings. The van der Waals surface area contributed by atoms with Crippen LogP contribution in [0.5, 0.6) is 11.5 Å². The number of nitrogens with one attached hydrogen (secondary N) is 4. The van der Waals surface area contributed by atoms with Gasteiger partial charge < -0.3 is 49.3 Å². The fourth-order valence-corrected chi connectivity index (χ4v) is 9.07. The summed E-state index contributed by atoms with van der Waals surface area (Å²) in [6.07, 6.45) is 6.58. The summed E-state index contributed by atoms with van der Waals surface area (Å²) in [5.41, 5.74) is 6.17. The largest absolute Gasteiger partial charge is 0.491 e. The van der Waals surface area contributed by atoms with E-state index in [0.29, 0.717) is 62.7 Å². The Hall–Kier alpha value is -7.30. The van der Waals surface area contributed by atoms with Crippen LogP contribution in [0.15, 0.2) is 109 Å². The Balaban J connectivity index is 1.06. The summed E-state index contributed by atoms with van der Waals surface area (Å²) < 4.78 is 23.5. The molecular weight excluding hydrogens is 865 g/mol. The van der Waals surface area contributed by atoms with Gasteiger partial charge in [-0.25, -0.2) is 9.97 Å². The Labute approximate surface area is 395 Å². The van der Waals surface area contributed by atoms with Gasteiger partial charge in [0.25, 0.3) is 0 Å². The van der Waals surface area contributed by atoms with Crippen molar-refractivity contribution >= 4 is 23.6 Å². The van der Waals surface area contributed by atoms with Gasteiger partial charge in [0.15, 0.2) is 0 Å². The molecular formula is C52H58N8O8. The lowest BCUT2D eigenvalue weighted by atomic mass is 9.98. The predicted molar refractivity (Wildman–Crippen MR) is 255 cm³/mol. The number of aromatic amines is 2. The third-order valence-electron chi connectivity index (χ3n) is 12.3. The number of carbonyl (C=O) groups excluding carboxylic acids is 4. The molecule has 16 nitrogen and oxygen atoms in total. The smallest absolute Gasteiger partial charge is 0.250 e. The second-order valence-electron chi connectivity index (χ2n) is 16.9. The molecule has 16 heteroatoms. The van der Waals surface area contributed by atoms with Gasteiger partial charge in [0.05, 0.1) is 49.1 Å². The average molecular weight is 923 g/mol. The molecule has 0 spiro atoms. The minimum Gasteiger partial charge on any atom is -0.491 e. The fourth-order valence-electron chi connectivity index (χ4n) is 9.07. The van der Waals surface area contributed by atoms with Crippen LogP contribution >= 0.6 is 0 Å². The SMILES string of the molecule is COCCOc1cc(-c2cnc([C@@H]3CCCN3C(=O)[C@H](NC(C)=O)c3ccccc3)[nH]2)ccc1-c1ccc(-c2cnc([C@@H]3CCCN3C(=O)[C@H](NC(C)=O)c3ccccc3)[nH]2)cc1OCCOC. The van der Waals surface area contributed by atoms with Crippen LogP contribution in [-0.4, -0.2) is 107 Å². The van der Waals surface area contributed by atoms with Crippen molar-refractivity contribution in [3.05, 3.63) is 132 Å². The van der Waals surface area contributed by atoms with E-state index in [1.165, 1.54) is 13.8 Å². The molecule has 0 unspecified atom stereocenters. The number of carbonyl (C=O) groups is 4. The number of methoxy groups -OCH3 is 2. The van der Waals surface area contributed by atoms with E-state index in [1.807, 2.05) is 97.1 Å². The van der Waals surface area contributed by atoms with Gasteiger partial charge >= 0.3 is 0 Å². The van der Waals surface area contributed by atoms with Crippen molar-refractivity contribution in [3.8, 4) is 45.1 Å². The molecule has 4 amide bonds. The van der Waals surface area contributed by atoms with Gasteiger partial charge in [-0.15, -0.1) is 0 Å². The molecule has 6 aromatic rings. The third-order valence-corrected chi connectivity index (χ3v) is 12.3. The molecule has 2 aliphatic heterocycles. The van der Waals surface area contributed by atoms with Gasteiger partial charge in [-0.1, -0.05) is 72.8 Å². The first-order valence-corrected chi connectivity index (χ1v) is 23.0. The molecule has 4 N–H and O–H groups in total. The number of benzene rings is 4. The summed E-state index contributed by atoms with van der Waals surface area (Å²) in [6.45, 7) is 5.25. The minimum atomic E-state index is -0.811. The van der Waals surface area contributed by atoms with E-state index in [1.54, 1.807) is 36.4 Å². The van der Waals surface area contributed by atoms with Gasteiger partial charge in [-0.3, -0.25) is 19.2 Å². The van der Waals surface area contributed by atoms with E-state index in [0.717, 1.165) is 70.5 Å². The summed E-state index contributed by atoms with van der Waals surface area (Å²) in [5.74, 6) is 1.58. The second-order valence-corrected chi connectivity index (χ2v) is 16.9. The zero-order valence-electron chi connectivity index (χ0n) is 38.8. The lowest BCUT2D eigenvalue weighted by molar-refractivity contribution is -0.137. The molecule has 0 aliphatic carbocycles. The van der Waals surface area contributed by atoms with Crippen molar-refractivity contribution in [2.45, 2.75) is 63.7 Å². The van der Waals surface area contributed by atoms with Crippen LogP contribution < -0.4 is 20.1 Å². The van der Waals surface area contributed by atoms with Crippen LogP contribution in [0, 0.1) is 0 Å². The van der Waals surface area contributed by atoms with Gasteiger partial charge in [0.2, 0.25) is 23.6 Å². The molecule has 2 aromatic heterocycles. The Bertz CT molecular complexity index is 2500. The molecule has 0 radical (unpaired) electrons. The molecule has 68 heavy (non-hydrogen) atoms. The first kappa shape index (κ1) is 47.2. The van der Waals surface area contributed by atoms with Crippen LogP contribution in [0.3, 0.4) is 0 Å². The highest BCUT2D eigenvalue weighted by Gasteiger charge is 2.38. The number of imidazole rings is 2. The van der Waals surface area contributed by atoms with E-state index >= 15 is 0 Å². The lowest BCUT2D eigenvalue weighted by Gasteiger charge is -2.28. The molecule has 0 bridgehead atoms. The number of hydrogen-bond acceptors (Lipinski definition) is 10. The van der Waals surface area contributed by atoms with Gasteiger partial charge in [-0.2, -0.15) is 0 Å². The molecule has 4 atom stereocenters. The molecule has 354 valence electrons. The topological polar surface area (TPSA) is 193 Å². The summed E-state index contributed by atoms with van der Waals surface area (Å²) in [6, 6.07) is 28.2. The Morgan fingerprint density at radius 2 is 1.01 bits per heavy atom. The van der Waals surface area contributed by atoms with Crippen LogP contribution in [0.1, 0.15) is 86.5 Å². The predicted octanol–water partition coefficient (Wildman–Crippen LogP) is 7.27. The lowest BCUT2D eigenvalue weighted by Crippen LogP contribution is -2.42. The van der Waals surface area contributed by atoms with E-state index < -0.39 is 12.1 Å². The number of rotatable bonds is 19. The number of aromatic nitrogens is 4. The normalized spacial score (nSPS) is 16.6. The zero-order valence-corrected chi connectivity index (χ0v) is 38.8. The van der Waals surface area contributed by atoms with E-state index in [2.05, 4.69) is 20.6 Å². The van der Waals surface area contributed by atoms with Gasteiger partial charge in [-0.05, 0) is 61.1 Å². The standard InChI is InChI=1S/C52H58N8O8/c1-33(61)55-47(35-13-7-5-8-14-35)51(63)59-23-11-17-43(59)49-53-31-41(57-49)37-19-21-39(45(29-37)67-27-25-65-3)40-22-20-38(30-46(40)68-28-26-66-4)42-32-54-50(58-42)44-18-12-24-60(44)52(64)48(56-34(2)62)36-15-9-6-10-16-36/h5-10,13-16,19-22,29-32,43-44,47-48H,11-12,17-18,23-28H2,1-4H3,(H,53,57)(H,54,58)(H,55,61)(H,56,62)/t43-,44-,47+,48+/m0/s1. The second kappa shape index (κ2) is 22.0. The van der Waals surface area contributed by atoms with Crippen molar-refractivity contribution in [1.82, 2.24) is 40.4 Å². The summed E-state index contributed by atoms with van der Waals surface area (Å²) in [5, 5.41) is 5.71. The number of nitrogens with zero attached hydrogens (tertiary/aromatic N) is 4. The first-order chi connectivity index (χ1) is 33.1. The van der Waals surface area contributed by atoms with Crippen LogP contribution in [0.25, 0.3) is 33.6 Å². The number of amides is 4. The molecule has 4 heterocycles. The summed E-state index contributed by atoms with van der Waals surface area (Å²) >= 11 is 0. The number of hydrogen-bond donors (Lipinski definition) is 4. The minimum absolute atomic E-state index is 0.183. The summed E-state index contributed by atoms with van der Waals surface area (Å²) in [7, 11) is 3.25. The Morgan fingerprint density at radius 3 is 1.40 bits per heavy atom. The van der Waals surface area contributed by atoms with E-state index in [4.69, 9.17) is 28.9 Å². The van der Waals surface area contributed by atoms with Crippen molar-refractivity contribution in [2.75, 3.05) is 53.7 Å². The highest BCUT2D eigenvalue weighted by molar-refractivity contribution is 5.89. The average Bonchev–Trinajstić information content (AvgIpc) is 4.21. The van der Waals surface area contributed by atoms with Crippen LogP contribution in [0.4, 0.5) is 0 Å². The molecule has 0 saturated carbocycles. The number of H-pyrrole nitrogens is 2. The number of likely N-dealkylation sites (tertiary alicyclic amines) is 2. The maximum absolute atomic E-state index is 14.1. The Kier molecular flexibility index (Phi) is 15.3. The first-order valence-electron chi connectivity index (χ1n) is 23.0. The third kappa shape index (κ3) is 10.8. The quantitative estimate of drug-likeness (QED) is 0.0601. The maximum Gasteiger partial charge on any atom is 0.250 e. The summed E-state index contributed by atoms with van der Waals surface area (Å²) in [4.78, 5) is 72.7. The van der Waals surface area contributed by atoms with Gasteiger partial charge in [0.1, 0.15) is 48.4 Å². The van der Waals surface area contributed by atoms with Crippen molar-refractivity contribution in [1.29, 1.82) is 0 Å². The van der Waals surface area contributed by atoms with Crippen LogP contribution in [0.2, 0.25) is 0 Å². The maximum atomic E-state index is 14.1. The molecule has 4 aromatic carbocycles. The fraction of sp³-hybridized carbons (Fsp3) is 0.346. The zero-order chi connectivity index (χ0) is 47.6. The van der Waals surface area contributed by atoms with Crippen molar-refractivity contribution in [2.24, 2.45) is 0 Å². The van der Waals surface area contributed by atoms with Crippen LogP contribution in [-0.2, 0) is 28.7 Å². The van der Waals surface area contributed by atoms with Crippen molar-refractivity contribution < 1.29 is 38.1 Å².